The molecule has 2 aromatic rings. The number of benzene rings is 2. The molecule has 0 aliphatic heterocycles. The van der Waals surface area contributed by atoms with Gasteiger partial charge in [-0.3, -0.25) is 9.10 Å². The number of sulfonamides is 1. The van der Waals surface area contributed by atoms with Crippen LogP contribution in [0.3, 0.4) is 0 Å². The van der Waals surface area contributed by atoms with Crippen molar-refractivity contribution in [1.82, 2.24) is 5.43 Å². The number of aryl methyl sites for hydroxylation is 2. The Morgan fingerprint density at radius 2 is 1.74 bits per heavy atom. The molecule has 0 atom stereocenters. The van der Waals surface area contributed by atoms with Gasteiger partial charge in [-0.15, -0.1) is 11.8 Å². The zero-order chi connectivity index (χ0) is 20.0. The number of carbonyl (C=O) groups excluding carboxylic acids is 1. The Balaban J connectivity index is 2.11. The lowest BCUT2D eigenvalue weighted by molar-refractivity contribution is -0.119. The number of nitrogens with one attached hydrogen (secondary N) is 1. The number of hydrogen-bond donors (Lipinski definition) is 1. The molecule has 8 heteroatoms. The lowest BCUT2D eigenvalue weighted by Crippen LogP contribution is -2.39. The van der Waals surface area contributed by atoms with Gasteiger partial charge in [0.2, 0.25) is 10.0 Å². The molecule has 0 spiro atoms. The summed E-state index contributed by atoms with van der Waals surface area (Å²) in [5.74, 6) is -0.514. The molecule has 0 saturated heterocycles. The fourth-order valence-electron chi connectivity index (χ4n) is 2.60. The van der Waals surface area contributed by atoms with Crippen LogP contribution < -0.4 is 9.73 Å². The predicted molar refractivity (Wildman–Crippen MR) is 112 cm³/mol. The highest BCUT2D eigenvalue weighted by molar-refractivity contribution is 7.98. The molecule has 27 heavy (non-hydrogen) atoms. The van der Waals surface area contributed by atoms with E-state index in [0.29, 0.717) is 5.69 Å². The third-order valence-electron chi connectivity index (χ3n) is 3.90. The van der Waals surface area contributed by atoms with E-state index in [1.807, 2.05) is 62.6 Å². The van der Waals surface area contributed by atoms with Gasteiger partial charge in [0, 0.05) is 4.90 Å². The van der Waals surface area contributed by atoms with Gasteiger partial charge in [0.15, 0.2) is 0 Å². The summed E-state index contributed by atoms with van der Waals surface area (Å²) >= 11 is 1.64. The van der Waals surface area contributed by atoms with Gasteiger partial charge in [-0.2, -0.15) is 5.10 Å². The first-order chi connectivity index (χ1) is 12.7. The summed E-state index contributed by atoms with van der Waals surface area (Å²) in [5.41, 5.74) is 5.31. The molecule has 144 valence electrons. The quantitative estimate of drug-likeness (QED) is 0.436. The minimum Gasteiger partial charge on any atom is -0.271 e. The monoisotopic (exact) mass is 405 g/mol. The van der Waals surface area contributed by atoms with Crippen LogP contribution in [-0.2, 0) is 14.8 Å². The van der Waals surface area contributed by atoms with Crippen LogP contribution in [0.5, 0.6) is 0 Å². The zero-order valence-electron chi connectivity index (χ0n) is 15.8. The summed E-state index contributed by atoms with van der Waals surface area (Å²) < 4.78 is 25.6. The van der Waals surface area contributed by atoms with Crippen LogP contribution in [0, 0.1) is 13.8 Å². The van der Waals surface area contributed by atoms with Crippen molar-refractivity contribution in [3.05, 3.63) is 59.2 Å². The van der Waals surface area contributed by atoms with Crippen LogP contribution >= 0.6 is 11.8 Å². The lowest BCUT2D eigenvalue weighted by atomic mass is 10.1. The van der Waals surface area contributed by atoms with E-state index < -0.39 is 15.9 Å². The number of hydrazone groups is 1. The number of carbonyl (C=O) groups is 1. The second-order valence-electron chi connectivity index (χ2n) is 6.08. The van der Waals surface area contributed by atoms with E-state index in [4.69, 9.17) is 0 Å². The minimum absolute atomic E-state index is 0.340. The first-order valence-corrected chi connectivity index (χ1v) is 11.3. The fourth-order valence-corrected chi connectivity index (χ4v) is 3.98. The summed E-state index contributed by atoms with van der Waals surface area (Å²) in [7, 11) is -3.62. The molecule has 0 aliphatic rings. The van der Waals surface area contributed by atoms with E-state index in [9.17, 15) is 13.2 Å². The largest absolute Gasteiger partial charge is 0.271 e. The molecule has 0 aliphatic carbocycles. The predicted octanol–water partition coefficient (Wildman–Crippen LogP) is 2.94. The molecule has 0 unspecified atom stereocenters. The molecular formula is C19H23N3O3S2. The maximum atomic E-state index is 12.3. The first-order valence-electron chi connectivity index (χ1n) is 8.22. The van der Waals surface area contributed by atoms with Gasteiger partial charge in [0.1, 0.15) is 6.54 Å². The number of thioether (sulfide) groups is 1. The van der Waals surface area contributed by atoms with E-state index in [1.165, 1.54) is 6.21 Å². The van der Waals surface area contributed by atoms with Gasteiger partial charge < -0.3 is 0 Å². The Labute approximate surface area is 164 Å². The first kappa shape index (κ1) is 21.0. The van der Waals surface area contributed by atoms with Gasteiger partial charge in [0.05, 0.1) is 18.2 Å². The van der Waals surface area contributed by atoms with Crippen molar-refractivity contribution < 1.29 is 13.2 Å². The van der Waals surface area contributed by atoms with E-state index in [2.05, 4.69) is 10.5 Å². The van der Waals surface area contributed by atoms with Crippen molar-refractivity contribution >= 4 is 39.6 Å². The smallest absolute Gasteiger partial charge is 0.260 e. The number of hydrogen-bond acceptors (Lipinski definition) is 5. The molecule has 0 radical (unpaired) electrons. The second kappa shape index (κ2) is 9.05. The third kappa shape index (κ3) is 5.83. The molecule has 1 amide bonds. The SMILES string of the molecule is CSc1ccc(/C=N\NC(=O)CN(c2c(C)cccc2C)S(C)(=O)=O)cc1. The number of para-hydroxylation sites is 1. The zero-order valence-corrected chi connectivity index (χ0v) is 17.4. The van der Waals surface area contributed by atoms with Crippen LogP contribution in [0.1, 0.15) is 16.7 Å². The van der Waals surface area contributed by atoms with Crippen molar-refractivity contribution in [2.24, 2.45) is 5.10 Å². The van der Waals surface area contributed by atoms with E-state index in [-0.39, 0.29) is 6.54 Å². The summed E-state index contributed by atoms with van der Waals surface area (Å²) in [6.07, 6.45) is 4.60. The van der Waals surface area contributed by atoms with Crippen molar-refractivity contribution in [3.63, 3.8) is 0 Å². The third-order valence-corrected chi connectivity index (χ3v) is 5.75. The molecule has 0 bridgehead atoms. The topological polar surface area (TPSA) is 78.8 Å². The Hall–Kier alpha value is -2.32. The highest BCUT2D eigenvalue weighted by Gasteiger charge is 2.23. The van der Waals surface area contributed by atoms with Gasteiger partial charge in [-0.1, -0.05) is 30.3 Å². The van der Waals surface area contributed by atoms with Crippen molar-refractivity contribution in [1.29, 1.82) is 0 Å². The molecule has 2 rings (SSSR count). The van der Waals surface area contributed by atoms with Crippen molar-refractivity contribution in [2.75, 3.05) is 23.4 Å². The normalized spacial score (nSPS) is 11.6. The van der Waals surface area contributed by atoms with Crippen LogP contribution in [0.15, 0.2) is 52.5 Å². The Morgan fingerprint density at radius 3 is 2.26 bits per heavy atom. The number of rotatable bonds is 7. The number of anilines is 1. The number of amides is 1. The van der Waals surface area contributed by atoms with Gasteiger partial charge in [-0.05, 0) is 48.9 Å². The van der Waals surface area contributed by atoms with Gasteiger partial charge in [0.25, 0.3) is 5.91 Å². The molecule has 0 heterocycles. The molecular weight excluding hydrogens is 382 g/mol. The molecule has 2 aromatic carbocycles. The van der Waals surface area contributed by atoms with Crippen LogP contribution in [0.4, 0.5) is 5.69 Å². The van der Waals surface area contributed by atoms with Gasteiger partial charge in [-0.25, -0.2) is 13.8 Å². The van der Waals surface area contributed by atoms with Crippen LogP contribution in [0.25, 0.3) is 0 Å². The number of nitrogens with zero attached hydrogens (tertiary/aromatic N) is 2. The summed E-state index contributed by atoms with van der Waals surface area (Å²) in [6, 6.07) is 13.2. The Bertz CT molecular complexity index is 919. The standard InChI is InChI=1S/C19H23N3O3S2/c1-14-6-5-7-15(2)19(14)22(27(4,24)25)13-18(23)21-20-12-16-8-10-17(26-3)11-9-16/h5-12H,13H2,1-4H3,(H,21,23)/b20-12-. The Morgan fingerprint density at radius 1 is 1.15 bits per heavy atom. The maximum absolute atomic E-state index is 12.3. The highest BCUT2D eigenvalue weighted by atomic mass is 32.2. The maximum Gasteiger partial charge on any atom is 0.260 e. The highest BCUT2D eigenvalue weighted by Crippen LogP contribution is 2.26. The van der Waals surface area contributed by atoms with Crippen molar-refractivity contribution in [2.45, 2.75) is 18.7 Å². The molecule has 6 nitrogen and oxygen atoms in total. The van der Waals surface area contributed by atoms with E-state index >= 15 is 0 Å². The Kier molecular flexibility index (Phi) is 7.04. The lowest BCUT2D eigenvalue weighted by Gasteiger charge is -2.25. The summed E-state index contributed by atoms with van der Waals surface area (Å²) in [5, 5.41) is 3.92. The van der Waals surface area contributed by atoms with Crippen molar-refractivity contribution in [3.8, 4) is 0 Å². The molecule has 0 saturated carbocycles. The fraction of sp³-hybridized carbons (Fsp3) is 0.263. The molecule has 0 fully saturated rings. The second-order valence-corrected chi connectivity index (χ2v) is 8.86. The van der Waals surface area contributed by atoms with Crippen LogP contribution in [-0.4, -0.2) is 39.6 Å². The minimum atomic E-state index is -3.62. The van der Waals surface area contributed by atoms with E-state index in [1.54, 1.807) is 11.8 Å². The molecule has 0 aromatic heterocycles. The average Bonchev–Trinajstić information content (AvgIpc) is 2.60. The summed E-state index contributed by atoms with van der Waals surface area (Å²) in [6.45, 7) is 3.29. The van der Waals surface area contributed by atoms with E-state index in [0.717, 1.165) is 32.1 Å². The van der Waals surface area contributed by atoms with Crippen LogP contribution in [0.2, 0.25) is 0 Å². The summed E-state index contributed by atoms with van der Waals surface area (Å²) in [4.78, 5) is 13.4. The molecule has 1 N–H and O–H groups in total. The average molecular weight is 406 g/mol. The van der Waals surface area contributed by atoms with Gasteiger partial charge >= 0.3 is 0 Å².